The van der Waals surface area contributed by atoms with Crippen LogP contribution in [0.25, 0.3) is 22.0 Å². The lowest BCUT2D eigenvalue weighted by Gasteiger charge is -2.12. The summed E-state index contributed by atoms with van der Waals surface area (Å²) in [6, 6.07) is 20.8. The molecule has 0 radical (unpaired) electrons. The standard InChI is InChI=1S/C23H16ClNO4/c24-17-11-20-19(28-13-29-20)10-15(17)12-25-18-9-5-4-8-16(18)21(22(25)23(26)27)14-6-2-1-3-7-14/h1-11H,12-13H2,(H,26,27). The maximum absolute atomic E-state index is 12.3. The van der Waals surface area contributed by atoms with Crippen molar-refractivity contribution < 1.29 is 19.4 Å². The Kier molecular flexibility index (Phi) is 4.18. The Bertz CT molecular complexity index is 1250. The van der Waals surface area contributed by atoms with Crippen LogP contribution in [0.5, 0.6) is 11.5 Å². The molecule has 0 amide bonds. The molecule has 3 aromatic carbocycles. The van der Waals surface area contributed by atoms with Crippen LogP contribution in [0, 0.1) is 0 Å². The maximum atomic E-state index is 12.3. The van der Waals surface area contributed by atoms with Crippen LogP contribution < -0.4 is 9.47 Å². The van der Waals surface area contributed by atoms with Crippen LogP contribution in [0.3, 0.4) is 0 Å². The van der Waals surface area contributed by atoms with E-state index in [0.717, 1.165) is 22.0 Å². The Morgan fingerprint density at radius 3 is 2.45 bits per heavy atom. The predicted molar refractivity (Wildman–Crippen MR) is 111 cm³/mol. The number of aromatic nitrogens is 1. The fourth-order valence-corrected chi connectivity index (χ4v) is 4.05. The molecule has 0 aliphatic carbocycles. The number of fused-ring (bicyclic) bond motifs is 2. The van der Waals surface area contributed by atoms with Gasteiger partial charge in [-0.2, -0.15) is 0 Å². The van der Waals surface area contributed by atoms with Crippen molar-refractivity contribution in [2.24, 2.45) is 0 Å². The molecule has 0 saturated heterocycles. The van der Waals surface area contributed by atoms with Crippen LogP contribution in [0.1, 0.15) is 16.1 Å². The highest BCUT2D eigenvalue weighted by atomic mass is 35.5. The van der Waals surface area contributed by atoms with E-state index in [-0.39, 0.29) is 12.5 Å². The summed E-state index contributed by atoms with van der Waals surface area (Å²) < 4.78 is 12.6. The first-order valence-corrected chi connectivity index (χ1v) is 9.49. The number of benzene rings is 3. The molecule has 2 heterocycles. The average molecular weight is 406 g/mol. The minimum Gasteiger partial charge on any atom is -0.477 e. The normalized spacial score (nSPS) is 12.4. The van der Waals surface area contributed by atoms with Crippen LogP contribution >= 0.6 is 11.6 Å². The number of para-hydroxylation sites is 1. The largest absolute Gasteiger partial charge is 0.477 e. The first-order valence-electron chi connectivity index (χ1n) is 9.11. The molecule has 1 aliphatic heterocycles. The fourth-order valence-electron chi connectivity index (χ4n) is 3.84. The van der Waals surface area contributed by atoms with Crippen molar-refractivity contribution in [2.75, 3.05) is 6.79 Å². The van der Waals surface area contributed by atoms with Crippen LogP contribution in [0.2, 0.25) is 5.02 Å². The Balaban J connectivity index is 1.75. The molecule has 0 bridgehead atoms. The highest BCUT2D eigenvalue weighted by Gasteiger charge is 2.25. The highest BCUT2D eigenvalue weighted by molar-refractivity contribution is 6.31. The predicted octanol–water partition coefficient (Wildman–Crippen LogP) is 5.44. The molecule has 1 aromatic heterocycles. The third kappa shape index (κ3) is 2.91. The Hall–Kier alpha value is -3.44. The van der Waals surface area contributed by atoms with Gasteiger partial charge in [0.2, 0.25) is 6.79 Å². The van der Waals surface area contributed by atoms with Gasteiger partial charge in [-0.1, -0.05) is 60.1 Å². The van der Waals surface area contributed by atoms with E-state index in [2.05, 4.69) is 0 Å². The summed E-state index contributed by atoms with van der Waals surface area (Å²) in [4.78, 5) is 12.3. The molecule has 5 rings (SSSR count). The summed E-state index contributed by atoms with van der Waals surface area (Å²) in [5, 5.41) is 11.5. The maximum Gasteiger partial charge on any atom is 0.353 e. The monoisotopic (exact) mass is 405 g/mol. The molecule has 0 saturated carbocycles. The number of carboxylic acids is 1. The average Bonchev–Trinajstić information content (AvgIpc) is 3.31. The molecule has 1 N–H and O–H groups in total. The number of nitrogens with zero attached hydrogens (tertiary/aromatic N) is 1. The molecule has 1 aliphatic rings. The van der Waals surface area contributed by atoms with Crippen molar-refractivity contribution in [3.63, 3.8) is 0 Å². The van der Waals surface area contributed by atoms with E-state index < -0.39 is 5.97 Å². The van der Waals surface area contributed by atoms with Crippen LogP contribution in [-0.4, -0.2) is 22.4 Å². The van der Waals surface area contributed by atoms with Crippen molar-refractivity contribution in [1.29, 1.82) is 0 Å². The van der Waals surface area contributed by atoms with Crippen molar-refractivity contribution in [3.8, 4) is 22.6 Å². The van der Waals surface area contributed by atoms with Gasteiger partial charge < -0.3 is 19.1 Å². The summed E-state index contributed by atoms with van der Waals surface area (Å²) in [7, 11) is 0. The zero-order chi connectivity index (χ0) is 20.0. The van der Waals surface area contributed by atoms with Gasteiger partial charge in [0.15, 0.2) is 11.5 Å². The van der Waals surface area contributed by atoms with Crippen molar-refractivity contribution in [2.45, 2.75) is 6.54 Å². The topological polar surface area (TPSA) is 60.7 Å². The lowest BCUT2D eigenvalue weighted by atomic mass is 10.0. The molecular formula is C23H16ClNO4. The van der Waals surface area contributed by atoms with Crippen molar-refractivity contribution >= 4 is 28.5 Å². The Morgan fingerprint density at radius 2 is 1.69 bits per heavy atom. The van der Waals surface area contributed by atoms with E-state index in [1.54, 1.807) is 10.6 Å². The minimum absolute atomic E-state index is 0.153. The zero-order valence-corrected chi connectivity index (χ0v) is 16.0. The summed E-state index contributed by atoms with van der Waals surface area (Å²) in [5.41, 5.74) is 3.38. The molecule has 4 aromatic rings. The van der Waals surface area contributed by atoms with E-state index >= 15 is 0 Å². The second-order valence-electron chi connectivity index (χ2n) is 6.79. The SMILES string of the molecule is O=C(O)c1c(-c2ccccc2)c2ccccc2n1Cc1cc2c(cc1Cl)OCO2. The van der Waals surface area contributed by atoms with Gasteiger partial charge in [-0.3, -0.25) is 0 Å². The number of rotatable bonds is 4. The molecule has 29 heavy (non-hydrogen) atoms. The summed E-state index contributed by atoms with van der Waals surface area (Å²) in [5.74, 6) is 0.220. The molecule has 0 atom stereocenters. The third-order valence-electron chi connectivity index (χ3n) is 5.11. The summed E-state index contributed by atoms with van der Waals surface area (Å²) in [6.45, 7) is 0.449. The third-order valence-corrected chi connectivity index (χ3v) is 5.46. The van der Waals surface area contributed by atoms with Crippen molar-refractivity contribution in [3.05, 3.63) is 83.0 Å². The number of ether oxygens (including phenoxy) is 2. The van der Waals surface area contributed by atoms with Crippen LogP contribution in [0.15, 0.2) is 66.7 Å². The quantitative estimate of drug-likeness (QED) is 0.491. The summed E-state index contributed by atoms with van der Waals surface area (Å²) in [6.07, 6.45) is 0. The molecule has 5 nitrogen and oxygen atoms in total. The first-order chi connectivity index (χ1) is 14.1. The van der Waals surface area contributed by atoms with Crippen LogP contribution in [0.4, 0.5) is 0 Å². The second-order valence-corrected chi connectivity index (χ2v) is 7.20. The number of carboxylic acid groups (broad SMARTS) is 1. The molecular weight excluding hydrogens is 390 g/mol. The van der Waals surface area contributed by atoms with Crippen LogP contribution in [-0.2, 0) is 6.54 Å². The van der Waals surface area contributed by atoms with Gasteiger partial charge in [0.05, 0.1) is 6.54 Å². The number of hydrogen-bond donors (Lipinski definition) is 1. The lowest BCUT2D eigenvalue weighted by molar-refractivity contribution is 0.0687. The smallest absolute Gasteiger partial charge is 0.353 e. The molecule has 0 unspecified atom stereocenters. The Morgan fingerprint density at radius 1 is 1.00 bits per heavy atom. The number of carbonyl (C=O) groups is 1. The van der Waals surface area contributed by atoms with E-state index in [1.807, 2.05) is 60.7 Å². The van der Waals surface area contributed by atoms with Gasteiger partial charge in [0.25, 0.3) is 0 Å². The highest BCUT2D eigenvalue weighted by Crippen LogP contribution is 2.39. The molecule has 6 heteroatoms. The van der Waals surface area contributed by atoms with E-state index in [9.17, 15) is 9.90 Å². The van der Waals surface area contributed by atoms with Gasteiger partial charge in [0.1, 0.15) is 5.69 Å². The second kappa shape index (κ2) is 6.87. The van der Waals surface area contributed by atoms with Gasteiger partial charge in [-0.25, -0.2) is 4.79 Å². The van der Waals surface area contributed by atoms with E-state index in [0.29, 0.717) is 28.6 Å². The number of halogens is 1. The van der Waals surface area contributed by atoms with Gasteiger partial charge in [-0.05, 0) is 23.3 Å². The first kappa shape index (κ1) is 17.6. The van der Waals surface area contributed by atoms with Gasteiger partial charge >= 0.3 is 5.97 Å². The minimum atomic E-state index is -0.989. The zero-order valence-electron chi connectivity index (χ0n) is 15.3. The number of aromatic carboxylic acids is 1. The number of hydrogen-bond acceptors (Lipinski definition) is 3. The van der Waals surface area contributed by atoms with Crippen molar-refractivity contribution in [1.82, 2.24) is 4.57 Å². The summed E-state index contributed by atoms with van der Waals surface area (Å²) >= 11 is 6.47. The van der Waals surface area contributed by atoms with E-state index in [4.69, 9.17) is 21.1 Å². The lowest BCUT2D eigenvalue weighted by Crippen LogP contribution is -2.11. The molecule has 0 spiro atoms. The van der Waals surface area contributed by atoms with Gasteiger partial charge in [-0.15, -0.1) is 0 Å². The van der Waals surface area contributed by atoms with Gasteiger partial charge in [0, 0.05) is 27.6 Å². The fraction of sp³-hybridized carbons (Fsp3) is 0.0870. The molecule has 144 valence electrons. The molecule has 0 fully saturated rings. The van der Waals surface area contributed by atoms with E-state index in [1.165, 1.54) is 0 Å². The Labute approximate surface area is 171 Å².